The van der Waals surface area contributed by atoms with Crippen molar-refractivity contribution in [1.29, 1.82) is 0 Å². The number of anilines is 1. The molecule has 0 spiro atoms. The topological polar surface area (TPSA) is 99.0 Å². The van der Waals surface area contributed by atoms with Gasteiger partial charge < -0.3 is 10.1 Å². The van der Waals surface area contributed by atoms with Crippen LogP contribution in [0.4, 0.5) is 5.69 Å². The van der Waals surface area contributed by atoms with Crippen molar-refractivity contribution in [2.24, 2.45) is 0 Å². The van der Waals surface area contributed by atoms with Gasteiger partial charge in [0.2, 0.25) is 5.82 Å². The van der Waals surface area contributed by atoms with Crippen molar-refractivity contribution >= 4 is 17.6 Å². The van der Waals surface area contributed by atoms with Crippen LogP contribution in [-0.4, -0.2) is 38.2 Å². The number of hydrogen-bond donors (Lipinski definition) is 1. The van der Waals surface area contributed by atoms with Crippen LogP contribution in [0.5, 0.6) is 0 Å². The van der Waals surface area contributed by atoms with Crippen LogP contribution in [0.15, 0.2) is 78.9 Å². The maximum Gasteiger partial charge on any atom is 0.330 e. The zero-order chi connectivity index (χ0) is 23.2. The van der Waals surface area contributed by atoms with Crippen LogP contribution < -0.4 is 5.32 Å². The fourth-order valence-electron chi connectivity index (χ4n) is 3.23. The molecule has 8 nitrogen and oxygen atoms in total. The second kappa shape index (κ2) is 9.86. The number of carbonyl (C=O) groups excluding carboxylic acids is 2. The van der Waals surface area contributed by atoms with Crippen LogP contribution in [0, 0.1) is 6.92 Å². The minimum Gasteiger partial charge on any atom is -0.451 e. The molecule has 1 amide bonds. The molecule has 0 bridgehead atoms. The van der Waals surface area contributed by atoms with Gasteiger partial charge in [-0.2, -0.15) is 4.80 Å². The number of amides is 1. The molecule has 1 heterocycles. The normalized spacial score (nSPS) is 11.6. The van der Waals surface area contributed by atoms with Crippen LogP contribution in [0.25, 0.3) is 22.5 Å². The number of ether oxygens (including phenoxy) is 1. The Kier molecular flexibility index (Phi) is 6.54. The average Bonchev–Trinajstić information content (AvgIpc) is 3.28. The third-order valence-corrected chi connectivity index (χ3v) is 4.98. The van der Waals surface area contributed by atoms with Gasteiger partial charge in [-0.1, -0.05) is 78.4 Å². The molecular formula is C25H23N5O3. The first-order valence-electron chi connectivity index (χ1n) is 10.5. The Bertz CT molecular complexity index is 1250. The average molecular weight is 441 g/mol. The fourth-order valence-corrected chi connectivity index (χ4v) is 3.23. The zero-order valence-corrected chi connectivity index (χ0v) is 18.3. The Hall–Kier alpha value is -4.33. The predicted octanol–water partition coefficient (Wildman–Crippen LogP) is 3.89. The molecule has 1 N–H and O–H groups in total. The highest BCUT2D eigenvalue weighted by molar-refractivity contribution is 5.98. The number of tetrazole rings is 1. The molecule has 0 saturated carbocycles. The highest BCUT2D eigenvalue weighted by atomic mass is 16.5. The van der Waals surface area contributed by atoms with E-state index in [1.165, 1.54) is 6.92 Å². The van der Waals surface area contributed by atoms with E-state index in [1.807, 2.05) is 79.7 Å². The summed E-state index contributed by atoms with van der Waals surface area (Å²) in [5.74, 6) is -0.661. The molecule has 4 rings (SSSR count). The lowest BCUT2D eigenvalue weighted by molar-refractivity contribution is -0.154. The third-order valence-electron chi connectivity index (χ3n) is 4.98. The number of aromatic nitrogens is 4. The molecule has 0 radical (unpaired) electrons. The fraction of sp³-hybridized carbons (Fsp3) is 0.160. The number of para-hydroxylation sites is 1. The maximum atomic E-state index is 12.7. The predicted molar refractivity (Wildman–Crippen MR) is 124 cm³/mol. The number of carbonyl (C=O) groups is 2. The van der Waals surface area contributed by atoms with Gasteiger partial charge in [-0.05, 0) is 30.7 Å². The molecule has 1 aromatic heterocycles. The van der Waals surface area contributed by atoms with Crippen LogP contribution >= 0.6 is 0 Å². The Morgan fingerprint density at radius 1 is 0.939 bits per heavy atom. The smallest absolute Gasteiger partial charge is 0.330 e. The third kappa shape index (κ3) is 5.48. The zero-order valence-electron chi connectivity index (χ0n) is 18.3. The molecule has 33 heavy (non-hydrogen) atoms. The molecule has 0 aliphatic heterocycles. The highest BCUT2D eigenvalue weighted by Gasteiger charge is 2.20. The summed E-state index contributed by atoms with van der Waals surface area (Å²) >= 11 is 0. The van der Waals surface area contributed by atoms with E-state index >= 15 is 0 Å². The lowest BCUT2D eigenvalue weighted by Gasteiger charge is -2.15. The first-order chi connectivity index (χ1) is 16.0. The van der Waals surface area contributed by atoms with Crippen molar-refractivity contribution < 1.29 is 14.3 Å². The summed E-state index contributed by atoms with van der Waals surface area (Å²) < 4.78 is 5.28. The lowest BCUT2D eigenvalue weighted by atomic mass is 10.0. The van der Waals surface area contributed by atoms with Crippen LogP contribution in [0.3, 0.4) is 0 Å². The standard InChI is InChI=1S/C25H23N5O3/c1-17-12-14-20(15-13-17)24-27-29-30(28-24)16-23(31)33-18(2)25(32)26-22-11-7-6-10-21(22)19-8-4-3-5-9-19/h3-15,18H,16H2,1-2H3,(H,26,32). The summed E-state index contributed by atoms with van der Waals surface area (Å²) in [4.78, 5) is 26.1. The van der Waals surface area contributed by atoms with Gasteiger partial charge in [-0.3, -0.25) is 4.79 Å². The highest BCUT2D eigenvalue weighted by Crippen LogP contribution is 2.27. The quantitative estimate of drug-likeness (QED) is 0.437. The summed E-state index contributed by atoms with van der Waals surface area (Å²) in [6.45, 7) is 3.25. The van der Waals surface area contributed by atoms with E-state index in [2.05, 4.69) is 20.7 Å². The molecule has 8 heteroatoms. The second-order valence-corrected chi connectivity index (χ2v) is 7.54. The van der Waals surface area contributed by atoms with Crippen LogP contribution in [-0.2, 0) is 20.9 Å². The van der Waals surface area contributed by atoms with Crippen molar-refractivity contribution in [1.82, 2.24) is 20.2 Å². The molecule has 166 valence electrons. The van der Waals surface area contributed by atoms with Crippen molar-refractivity contribution in [3.8, 4) is 22.5 Å². The molecule has 1 atom stereocenters. The number of nitrogens with one attached hydrogen (secondary N) is 1. The molecule has 3 aromatic carbocycles. The van der Waals surface area contributed by atoms with Gasteiger partial charge in [0.25, 0.3) is 5.91 Å². The van der Waals surface area contributed by atoms with Gasteiger partial charge in [0.15, 0.2) is 12.6 Å². The van der Waals surface area contributed by atoms with E-state index in [-0.39, 0.29) is 6.54 Å². The van der Waals surface area contributed by atoms with E-state index < -0.39 is 18.0 Å². The van der Waals surface area contributed by atoms with E-state index in [0.717, 1.165) is 27.1 Å². The van der Waals surface area contributed by atoms with E-state index in [9.17, 15) is 9.59 Å². The minimum absolute atomic E-state index is 0.253. The monoisotopic (exact) mass is 441 g/mol. The van der Waals surface area contributed by atoms with E-state index in [4.69, 9.17) is 4.74 Å². The van der Waals surface area contributed by atoms with Gasteiger partial charge in [0.05, 0.1) is 0 Å². The first-order valence-corrected chi connectivity index (χ1v) is 10.5. The van der Waals surface area contributed by atoms with E-state index in [1.54, 1.807) is 6.07 Å². The molecular weight excluding hydrogens is 418 g/mol. The number of nitrogens with zero attached hydrogens (tertiary/aromatic N) is 4. The van der Waals surface area contributed by atoms with Crippen molar-refractivity contribution in [3.63, 3.8) is 0 Å². The molecule has 0 saturated heterocycles. The van der Waals surface area contributed by atoms with Crippen LogP contribution in [0.2, 0.25) is 0 Å². The van der Waals surface area contributed by atoms with Gasteiger partial charge in [0, 0.05) is 16.8 Å². The summed E-state index contributed by atoms with van der Waals surface area (Å²) in [6, 6.07) is 24.8. The van der Waals surface area contributed by atoms with Gasteiger partial charge in [-0.25, -0.2) is 4.79 Å². The number of aryl methyl sites for hydroxylation is 1. The number of rotatable bonds is 7. The summed E-state index contributed by atoms with van der Waals surface area (Å²) in [6.07, 6.45) is -0.999. The molecule has 0 aliphatic rings. The van der Waals surface area contributed by atoms with Gasteiger partial charge >= 0.3 is 5.97 Å². The van der Waals surface area contributed by atoms with Crippen molar-refractivity contribution in [2.45, 2.75) is 26.5 Å². The summed E-state index contributed by atoms with van der Waals surface area (Å²) in [7, 11) is 0. The minimum atomic E-state index is -0.999. The lowest BCUT2D eigenvalue weighted by Crippen LogP contribution is -2.31. The number of hydrogen-bond acceptors (Lipinski definition) is 6. The summed E-state index contributed by atoms with van der Waals surface area (Å²) in [5.41, 5.74) is 4.40. The SMILES string of the molecule is Cc1ccc(-c2nnn(CC(=O)OC(C)C(=O)Nc3ccccc3-c3ccccc3)n2)cc1. The Morgan fingerprint density at radius 3 is 2.39 bits per heavy atom. The molecule has 0 aliphatic carbocycles. The number of esters is 1. The first kappa shape index (κ1) is 21.9. The van der Waals surface area contributed by atoms with E-state index in [0.29, 0.717) is 11.5 Å². The number of benzene rings is 3. The Morgan fingerprint density at radius 2 is 1.64 bits per heavy atom. The maximum absolute atomic E-state index is 12.7. The second-order valence-electron chi connectivity index (χ2n) is 7.54. The molecule has 4 aromatic rings. The van der Waals surface area contributed by atoms with Gasteiger partial charge in [0.1, 0.15) is 0 Å². The molecule has 0 fully saturated rings. The van der Waals surface area contributed by atoms with Crippen molar-refractivity contribution in [2.75, 3.05) is 5.32 Å². The molecule has 1 unspecified atom stereocenters. The van der Waals surface area contributed by atoms with Crippen molar-refractivity contribution in [3.05, 3.63) is 84.4 Å². The summed E-state index contributed by atoms with van der Waals surface area (Å²) in [5, 5.41) is 14.9. The Labute approximate surface area is 191 Å². The van der Waals surface area contributed by atoms with Gasteiger partial charge in [-0.15, -0.1) is 10.2 Å². The van der Waals surface area contributed by atoms with Crippen LogP contribution in [0.1, 0.15) is 12.5 Å². The Balaban J connectivity index is 1.36. The largest absolute Gasteiger partial charge is 0.451 e.